The average molecular weight is 446 g/mol. The molecular formula is C25H43N5O2. The molecule has 0 aliphatic carbocycles. The molecule has 0 saturated carbocycles. The average Bonchev–Trinajstić information content (AvgIpc) is 2.79. The molecule has 1 aromatic carbocycles. The lowest BCUT2D eigenvalue weighted by molar-refractivity contribution is -0.126. The van der Waals surface area contributed by atoms with Gasteiger partial charge in [0.15, 0.2) is 0 Å². The predicted octanol–water partition coefficient (Wildman–Crippen LogP) is 2.43. The summed E-state index contributed by atoms with van der Waals surface area (Å²) >= 11 is 0. The molecule has 3 amide bonds. The van der Waals surface area contributed by atoms with Gasteiger partial charge in [0.2, 0.25) is 5.91 Å². The Balaban J connectivity index is 1.74. The number of piperidine rings is 1. The van der Waals surface area contributed by atoms with Crippen LogP contribution in [-0.2, 0) is 11.2 Å². The highest BCUT2D eigenvalue weighted by Crippen LogP contribution is 2.18. The third-order valence-electron chi connectivity index (χ3n) is 6.24. The Morgan fingerprint density at radius 3 is 2.34 bits per heavy atom. The van der Waals surface area contributed by atoms with Crippen LogP contribution >= 0.6 is 0 Å². The molecule has 0 spiro atoms. The summed E-state index contributed by atoms with van der Waals surface area (Å²) in [6, 6.07) is 10.3. The predicted molar refractivity (Wildman–Crippen MR) is 131 cm³/mol. The van der Waals surface area contributed by atoms with E-state index in [9.17, 15) is 9.59 Å². The van der Waals surface area contributed by atoms with Crippen LogP contribution in [0.15, 0.2) is 30.3 Å². The van der Waals surface area contributed by atoms with E-state index in [4.69, 9.17) is 0 Å². The number of likely N-dealkylation sites (N-methyl/N-ethyl adjacent to an activating group) is 1. The minimum Gasteiger partial charge on any atom is -0.356 e. The number of nitrogens with one attached hydrogen (secondary N) is 2. The van der Waals surface area contributed by atoms with Gasteiger partial charge in [0.05, 0.1) is 0 Å². The first-order valence-electron chi connectivity index (χ1n) is 12.2. The molecule has 1 aliphatic heterocycles. The van der Waals surface area contributed by atoms with Crippen LogP contribution in [-0.4, -0.2) is 92.6 Å². The van der Waals surface area contributed by atoms with E-state index in [1.54, 1.807) is 0 Å². The lowest BCUT2D eigenvalue weighted by atomic mass is 9.96. The lowest BCUT2D eigenvalue weighted by Crippen LogP contribution is -2.52. The molecule has 1 unspecified atom stereocenters. The van der Waals surface area contributed by atoms with Crippen LogP contribution in [0.2, 0.25) is 0 Å². The molecule has 1 heterocycles. The van der Waals surface area contributed by atoms with E-state index in [1.807, 2.05) is 37.2 Å². The number of carbonyl (C=O) groups is 2. The molecule has 0 aromatic heterocycles. The molecule has 2 N–H and O–H groups in total. The van der Waals surface area contributed by atoms with Crippen molar-refractivity contribution in [2.45, 2.75) is 45.6 Å². The summed E-state index contributed by atoms with van der Waals surface area (Å²) in [6.45, 7) is 10.2. The lowest BCUT2D eigenvalue weighted by Gasteiger charge is -2.33. The van der Waals surface area contributed by atoms with Gasteiger partial charge in [-0.15, -0.1) is 0 Å². The largest absolute Gasteiger partial charge is 0.356 e. The zero-order chi connectivity index (χ0) is 23.3. The van der Waals surface area contributed by atoms with E-state index >= 15 is 0 Å². The third-order valence-corrected chi connectivity index (χ3v) is 6.24. The van der Waals surface area contributed by atoms with E-state index in [0.717, 1.165) is 58.4 Å². The summed E-state index contributed by atoms with van der Waals surface area (Å²) < 4.78 is 0. The second kappa shape index (κ2) is 14.1. The van der Waals surface area contributed by atoms with Crippen LogP contribution in [0, 0.1) is 5.92 Å². The van der Waals surface area contributed by atoms with E-state index in [1.165, 1.54) is 5.56 Å². The van der Waals surface area contributed by atoms with Crippen molar-refractivity contribution in [2.24, 2.45) is 5.92 Å². The van der Waals surface area contributed by atoms with E-state index in [2.05, 4.69) is 46.4 Å². The van der Waals surface area contributed by atoms with Gasteiger partial charge in [-0.25, -0.2) is 4.79 Å². The van der Waals surface area contributed by atoms with Gasteiger partial charge in [-0.2, -0.15) is 0 Å². The Kier molecular flexibility index (Phi) is 11.5. The van der Waals surface area contributed by atoms with Gasteiger partial charge in [0, 0.05) is 38.1 Å². The molecule has 32 heavy (non-hydrogen) atoms. The number of urea groups is 1. The van der Waals surface area contributed by atoms with Crippen LogP contribution < -0.4 is 10.6 Å². The molecule has 0 radical (unpaired) electrons. The highest BCUT2D eigenvalue weighted by molar-refractivity contribution is 5.79. The van der Waals surface area contributed by atoms with Crippen LogP contribution in [0.25, 0.3) is 0 Å². The number of likely N-dealkylation sites (tertiary alicyclic amines) is 1. The molecule has 1 saturated heterocycles. The van der Waals surface area contributed by atoms with Crippen LogP contribution in [0.3, 0.4) is 0 Å². The van der Waals surface area contributed by atoms with Crippen molar-refractivity contribution in [3.05, 3.63) is 35.9 Å². The Morgan fingerprint density at radius 1 is 1.09 bits per heavy atom. The first kappa shape index (κ1) is 26.1. The maximum atomic E-state index is 12.9. The fraction of sp³-hybridized carbons (Fsp3) is 0.680. The molecule has 1 fully saturated rings. The van der Waals surface area contributed by atoms with Crippen LogP contribution in [0.1, 0.15) is 38.7 Å². The fourth-order valence-corrected chi connectivity index (χ4v) is 4.31. The van der Waals surface area contributed by atoms with Gasteiger partial charge in [-0.1, -0.05) is 44.2 Å². The van der Waals surface area contributed by atoms with Gasteiger partial charge >= 0.3 is 6.03 Å². The molecule has 7 heteroatoms. The fourth-order valence-electron chi connectivity index (χ4n) is 4.31. The summed E-state index contributed by atoms with van der Waals surface area (Å²) in [5.74, 6) is 0.147. The van der Waals surface area contributed by atoms with Crippen molar-refractivity contribution in [1.29, 1.82) is 0 Å². The summed E-state index contributed by atoms with van der Waals surface area (Å²) in [6.07, 6.45) is 3.24. The monoisotopic (exact) mass is 445 g/mol. The summed E-state index contributed by atoms with van der Waals surface area (Å²) in [4.78, 5) is 31.7. The SMILES string of the molecule is CCN(CC)CCCNC(=O)C1CCN(C(=O)NC(Cc2ccccc2)CN(C)C)CC1. The molecular weight excluding hydrogens is 402 g/mol. The maximum Gasteiger partial charge on any atom is 0.317 e. The summed E-state index contributed by atoms with van der Waals surface area (Å²) in [5, 5.41) is 6.31. The number of hydrogen-bond donors (Lipinski definition) is 2. The number of nitrogens with zero attached hydrogens (tertiary/aromatic N) is 3. The van der Waals surface area contributed by atoms with Crippen molar-refractivity contribution in [2.75, 3.05) is 59.9 Å². The number of amides is 3. The highest BCUT2D eigenvalue weighted by Gasteiger charge is 2.28. The second-order valence-corrected chi connectivity index (χ2v) is 9.03. The van der Waals surface area contributed by atoms with Crippen molar-refractivity contribution in [3.63, 3.8) is 0 Å². The standard InChI is InChI=1S/C25H43N5O2/c1-5-29(6-2)16-10-15-26-24(31)22-13-17-30(18-14-22)25(32)27-23(20-28(3)4)19-21-11-8-7-9-12-21/h7-9,11-12,22-23H,5-6,10,13-20H2,1-4H3,(H,26,31)(H,27,32). The van der Waals surface area contributed by atoms with Gasteiger partial charge in [-0.05, 0) is 65.0 Å². The first-order chi connectivity index (χ1) is 15.4. The Morgan fingerprint density at radius 2 is 1.75 bits per heavy atom. The normalized spacial score (nSPS) is 15.8. The first-order valence-corrected chi connectivity index (χ1v) is 12.2. The smallest absolute Gasteiger partial charge is 0.317 e. The topological polar surface area (TPSA) is 67.9 Å². The maximum absolute atomic E-state index is 12.9. The van der Waals surface area contributed by atoms with Gasteiger partial charge in [0.25, 0.3) is 0 Å². The molecule has 1 aliphatic rings. The second-order valence-electron chi connectivity index (χ2n) is 9.03. The summed E-state index contributed by atoms with van der Waals surface area (Å²) in [7, 11) is 4.05. The minimum absolute atomic E-state index is 0.00870. The Hall–Kier alpha value is -2.12. The zero-order valence-corrected chi connectivity index (χ0v) is 20.5. The third kappa shape index (κ3) is 9.17. The molecule has 2 rings (SSSR count). The van der Waals surface area contributed by atoms with Crippen molar-refractivity contribution >= 4 is 11.9 Å². The van der Waals surface area contributed by atoms with Crippen molar-refractivity contribution < 1.29 is 9.59 Å². The van der Waals surface area contributed by atoms with E-state index in [-0.39, 0.29) is 23.9 Å². The minimum atomic E-state index is -0.0224. The van der Waals surface area contributed by atoms with Crippen LogP contribution in [0.5, 0.6) is 0 Å². The number of carbonyl (C=O) groups excluding carboxylic acids is 2. The van der Waals surface area contributed by atoms with Gasteiger partial charge in [0.1, 0.15) is 0 Å². The summed E-state index contributed by atoms with van der Waals surface area (Å²) in [5.41, 5.74) is 1.22. The van der Waals surface area contributed by atoms with E-state index < -0.39 is 0 Å². The Bertz CT molecular complexity index is 670. The highest BCUT2D eigenvalue weighted by atomic mass is 16.2. The number of rotatable bonds is 12. The van der Waals surface area contributed by atoms with Crippen molar-refractivity contribution in [3.8, 4) is 0 Å². The van der Waals surface area contributed by atoms with Crippen LogP contribution in [0.4, 0.5) is 4.79 Å². The molecule has 1 atom stereocenters. The molecule has 0 bridgehead atoms. The quantitative estimate of drug-likeness (QED) is 0.485. The van der Waals surface area contributed by atoms with Crippen molar-refractivity contribution in [1.82, 2.24) is 25.3 Å². The molecule has 1 aromatic rings. The van der Waals surface area contributed by atoms with E-state index in [0.29, 0.717) is 13.1 Å². The molecule has 180 valence electrons. The molecule has 7 nitrogen and oxygen atoms in total. The number of benzene rings is 1. The number of hydrogen-bond acceptors (Lipinski definition) is 4. The van der Waals surface area contributed by atoms with Gasteiger partial charge in [-0.3, -0.25) is 4.79 Å². The Labute approximate surface area is 194 Å². The van der Waals surface area contributed by atoms with Gasteiger partial charge < -0.3 is 25.3 Å². The zero-order valence-electron chi connectivity index (χ0n) is 20.5.